The van der Waals surface area contributed by atoms with Gasteiger partial charge in [-0.05, 0) is 31.6 Å². The van der Waals surface area contributed by atoms with Crippen LogP contribution in [0.4, 0.5) is 0 Å². The second-order valence-electron chi connectivity index (χ2n) is 5.10. The van der Waals surface area contributed by atoms with Crippen LogP contribution in [0.2, 0.25) is 0 Å². The summed E-state index contributed by atoms with van der Waals surface area (Å²) in [6, 6.07) is 0.217. The zero-order valence-corrected chi connectivity index (χ0v) is 10.5. The van der Waals surface area contributed by atoms with Gasteiger partial charge in [0.15, 0.2) is 0 Å². The highest BCUT2D eigenvalue weighted by atomic mass is 16.3. The first-order valence-corrected chi connectivity index (χ1v) is 6.64. The quantitative estimate of drug-likeness (QED) is 0.842. The predicted molar refractivity (Wildman–Crippen MR) is 67.5 cm³/mol. The SMILES string of the molecule is CCC1CCC(n2cncc2C(N)CO)CC1. The van der Waals surface area contributed by atoms with Gasteiger partial charge in [0.25, 0.3) is 0 Å². The Morgan fingerprint density at radius 3 is 2.76 bits per heavy atom. The van der Waals surface area contributed by atoms with E-state index >= 15 is 0 Å². The van der Waals surface area contributed by atoms with Gasteiger partial charge in [-0.15, -0.1) is 0 Å². The molecule has 0 spiro atoms. The molecule has 1 saturated carbocycles. The van der Waals surface area contributed by atoms with Crippen LogP contribution in [0.3, 0.4) is 0 Å². The Morgan fingerprint density at radius 1 is 1.47 bits per heavy atom. The molecule has 0 bridgehead atoms. The normalized spacial score (nSPS) is 27.0. The van der Waals surface area contributed by atoms with E-state index in [-0.39, 0.29) is 12.6 Å². The average Bonchev–Trinajstić information content (AvgIpc) is 2.87. The molecule has 17 heavy (non-hydrogen) atoms. The molecule has 0 amide bonds. The third-order valence-electron chi connectivity index (χ3n) is 4.06. The standard InChI is InChI=1S/C13H23N3O/c1-2-10-3-5-11(6-4-10)16-9-15-7-13(16)12(14)8-17/h7,9-12,17H,2-6,8,14H2,1H3. The monoisotopic (exact) mass is 237 g/mol. The molecule has 2 rings (SSSR count). The van der Waals surface area contributed by atoms with Crippen molar-refractivity contribution < 1.29 is 5.11 Å². The molecule has 4 nitrogen and oxygen atoms in total. The lowest BCUT2D eigenvalue weighted by Crippen LogP contribution is -2.23. The third-order valence-corrected chi connectivity index (χ3v) is 4.06. The Balaban J connectivity index is 2.05. The zero-order chi connectivity index (χ0) is 12.3. The molecule has 0 aromatic carbocycles. The number of nitrogens with zero attached hydrogens (tertiary/aromatic N) is 2. The van der Waals surface area contributed by atoms with Gasteiger partial charge in [-0.1, -0.05) is 13.3 Å². The smallest absolute Gasteiger partial charge is 0.0951 e. The molecule has 3 N–H and O–H groups in total. The fraction of sp³-hybridized carbons (Fsp3) is 0.769. The summed E-state index contributed by atoms with van der Waals surface area (Å²) in [5, 5.41) is 9.14. The average molecular weight is 237 g/mol. The molecule has 1 aromatic heterocycles. The van der Waals surface area contributed by atoms with Crippen molar-refractivity contribution in [3.8, 4) is 0 Å². The summed E-state index contributed by atoms with van der Waals surface area (Å²) in [5.41, 5.74) is 6.85. The molecule has 0 saturated heterocycles. The van der Waals surface area contributed by atoms with E-state index in [4.69, 9.17) is 10.8 Å². The van der Waals surface area contributed by atoms with Crippen molar-refractivity contribution in [1.82, 2.24) is 9.55 Å². The minimum absolute atomic E-state index is 0.0179. The molecule has 1 fully saturated rings. The molecule has 1 atom stereocenters. The second-order valence-corrected chi connectivity index (χ2v) is 5.10. The molecular weight excluding hydrogens is 214 g/mol. The van der Waals surface area contributed by atoms with Crippen LogP contribution in [-0.2, 0) is 0 Å². The minimum atomic E-state index is -0.304. The van der Waals surface area contributed by atoms with Crippen molar-refractivity contribution >= 4 is 0 Å². The van der Waals surface area contributed by atoms with Gasteiger partial charge in [-0.3, -0.25) is 0 Å². The Kier molecular flexibility index (Phi) is 4.18. The van der Waals surface area contributed by atoms with E-state index in [1.165, 1.54) is 32.1 Å². The molecule has 1 aliphatic carbocycles. The highest BCUT2D eigenvalue weighted by Gasteiger charge is 2.23. The van der Waals surface area contributed by atoms with Gasteiger partial charge in [0.05, 0.1) is 24.7 Å². The van der Waals surface area contributed by atoms with Gasteiger partial charge in [-0.25, -0.2) is 4.98 Å². The Morgan fingerprint density at radius 2 is 2.18 bits per heavy atom. The maximum absolute atomic E-state index is 9.14. The molecule has 4 heteroatoms. The van der Waals surface area contributed by atoms with E-state index in [1.807, 2.05) is 6.33 Å². The van der Waals surface area contributed by atoms with Crippen LogP contribution in [0, 0.1) is 5.92 Å². The summed E-state index contributed by atoms with van der Waals surface area (Å²) in [6.45, 7) is 2.26. The number of hydrogen-bond donors (Lipinski definition) is 2. The van der Waals surface area contributed by atoms with Crippen LogP contribution >= 0.6 is 0 Å². The second kappa shape index (κ2) is 5.65. The number of aliphatic hydroxyl groups is 1. The first kappa shape index (κ1) is 12.6. The van der Waals surface area contributed by atoms with Crippen molar-refractivity contribution in [2.45, 2.75) is 51.1 Å². The Hall–Kier alpha value is -0.870. The maximum Gasteiger partial charge on any atom is 0.0951 e. The topological polar surface area (TPSA) is 64.1 Å². The molecule has 0 radical (unpaired) electrons. The molecular formula is C13H23N3O. The van der Waals surface area contributed by atoms with Crippen molar-refractivity contribution in [2.24, 2.45) is 11.7 Å². The molecule has 1 unspecified atom stereocenters. The van der Waals surface area contributed by atoms with Gasteiger partial charge >= 0.3 is 0 Å². The lowest BCUT2D eigenvalue weighted by Gasteiger charge is -2.30. The van der Waals surface area contributed by atoms with E-state index in [0.29, 0.717) is 6.04 Å². The zero-order valence-electron chi connectivity index (χ0n) is 10.5. The molecule has 1 heterocycles. The Labute approximate surface area is 103 Å². The molecule has 96 valence electrons. The van der Waals surface area contributed by atoms with Crippen LogP contribution in [0.1, 0.15) is 56.8 Å². The summed E-state index contributed by atoms with van der Waals surface area (Å²) in [5.74, 6) is 0.893. The van der Waals surface area contributed by atoms with Gasteiger partial charge in [0, 0.05) is 12.2 Å². The molecule has 1 aromatic rings. The van der Waals surface area contributed by atoms with Gasteiger partial charge in [0.2, 0.25) is 0 Å². The first-order valence-electron chi connectivity index (χ1n) is 6.64. The third kappa shape index (κ3) is 2.69. The van der Waals surface area contributed by atoms with E-state index in [1.54, 1.807) is 6.20 Å². The molecule has 0 aliphatic heterocycles. The van der Waals surface area contributed by atoms with Crippen molar-refractivity contribution in [3.63, 3.8) is 0 Å². The Bertz CT molecular complexity index is 342. The number of aliphatic hydroxyl groups excluding tert-OH is 1. The predicted octanol–water partition coefficient (Wildman–Crippen LogP) is 2.02. The summed E-state index contributed by atoms with van der Waals surface area (Å²) in [6.07, 6.45) is 9.95. The summed E-state index contributed by atoms with van der Waals surface area (Å²) >= 11 is 0. The van der Waals surface area contributed by atoms with Crippen molar-refractivity contribution in [2.75, 3.05) is 6.61 Å². The summed E-state index contributed by atoms with van der Waals surface area (Å²) in [4.78, 5) is 4.18. The number of imidazole rings is 1. The van der Waals surface area contributed by atoms with Gasteiger partial charge in [0.1, 0.15) is 0 Å². The van der Waals surface area contributed by atoms with E-state index in [9.17, 15) is 0 Å². The molecule has 1 aliphatic rings. The number of hydrogen-bond acceptors (Lipinski definition) is 3. The van der Waals surface area contributed by atoms with Crippen molar-refractivity contribution in [1.29, 1.82) is 0 Å². The lowest BCUT2D eigenvalue weighted by atomic mass is 9.84. The van der Waals surface area contributed by atoms with E-state index < -0.39 is 0 Å². The van der Waals surface area contributed by atoms with Gasteiger partial charge in [-0.2, -0.15) is 0 Å². The largest absolute Gasteiger partial charge is 0.394 e. The van der Waals surface area contributed by atoms with E-state index in [2.05, 4.69) is 16.5 Å². The lowest BCUT2D eigenvalue weighted by molar-refractivity contribution is 0.243. The van der Waals surface area contributed by atoms with Gasteiger partial charge < -0.3 is 15.4 Å². The van der Waals surface area contributed by atoms with Crippen LogP contribution in [0.25, 0.3) is 0 Å². The highest BCUT2D eigenvalue weighted by Crippen LogP contribution is 2.34. The number of rotatable bonds is 4. The van der Waals surface area contributed by atoms with Crippen molar-refractivity contribution in [3.05, 3.63) is 18.2 Å². The summed E-state index contributed by atoms with van der Waals surface area (Å²) < 4.78 is 2.17. The minimum Gasteiger partial charge on any atom is -0.394 e. The first-order chi connectivity index (χ1) is 8.26. The maximum atomic E-state index is 9.14. The highest BCUT2D eigenvalue weighted by molar-refractivity contribution is 5.06. The van der Waals surface area contributed by atoms with Crippen LogP contribution in [-0.4, -0.2) is 21.3 Å². The van der Waals surface area contributed by atoms with Crippen LogP contribution in [0.5, 0.6) is 0 Å². The van der Waals surface area contributed by atoms with Crippen LogP contribution in [0.15, 0.2) is 12.5 Å². The fourth-order valence-corrected chi connectivity index (χ4v) is 2.83. The number of aromatic nitrogens is 2. The van der Waals surface area contributed by atoms with E-state index in [0.717, 1.165) is 11.6 Å². The summed E-state index contributed by atoms with van der Waals surface area (Å²) in [7, 11) is 0. The number of nitrogens with two attached hydrogens (primary N) is 1. The van der Waals surface area contributed by atoms with Crippen LogP contribution < -0.4 is 5.73 Å². The fourth-order valence-electron chi connectivity index (χ4n) is 2.83.